The Morgan fingerprint density at radius 3 is 2.47 bits per heavy atom. The maximum absolute atomic E-state index is 12.2. The normalized spacial score (nSPS) is 13.4. The molecule has 1 heterocycles. The Hall–Kier alpha value is -1.40. The van der Waals surface area contributed by atoms with E-state index in [4.69, 9.17) is 16.1 Å². The van der Waals surface area contributed by atoms with Gasteiger partial charge in [0.25, 0.3) is 0 Å². The van der Waals surface area contributed by atoms with Gasteiger partial charge in [0.05, 0.1) is 5.25 Å². The molecule has 0 bridgehead atoms. The molecule has 102 valence electrons. The highest BCUT2D eigenvalue weighted by atomic mass is 35.5. The molecule has 2 aromatic rings. The molecule has 1 aromatic heterocycles. The molecule has 0 aliphatic carbocycles. The molecule has 0 aliphatic rings. The van der Waals surface area contributed by atoms with Gasteiger partial charge >= 0.3 is 0 Å². The minimum Gasteiger partial charge on any atom is -0.340 e. The highest BCUT2D eigenvalue weighted by Crippen LogP contribution is 2.25. The van der Waals surface area contributed by atoms with Gasteiger partial charge in [0, 0.05) is 11.9 Å². The molecule has 0 unspecified atom stereocenters. The van der Waals surface area contributed by atoms with Gasteiger partial charge in [-0.2, -0.15) is 4.98 Å². The molecule has 0 radical (unpaired) electrons. The molecule has 0 amide bonds. The van der Waals surface area contributed by atoms with Crippen LogP contribution in [0.15, 0.2) is 28.8 Å². The topological polar surface area (TPSA) is 73.1 Å². The molecule has 0 N–H and O–H groups in total. The minimum atomic E-state index is -3.39. The molecule has 0 saturated carbocycles. The lowest BCUT2D eigenvalue weighted by Gasteiger charge is -2.11. The smallest absolute Gasteiger partial charge is 0.223 e. The van der Waals surface area contributed by atoms with Crippen LogP contribution in [0.5, 0.6) is 0 Å². The van der Waals surface area contributed by atoms with Gasteiger partial charge in [-0.1, -0.05) is 28.9 Å². The zero-order valence-electron chi connectivity index (χ0n) is 10.5. The average molecular weight is 301 g/mol. The second kappa shape index (κ2) is 5.30. The zero-order valence-corrected chi connectivity index (χ0v) is 12.1. The largest absolute Gasteiger partial charge is 0.340 e. The van der Waals surface area contributed by atoms with Crippen LogP contribution in [-0.4, -0.2) is 18.6 Å². The molecule has 0 fully saturated rings. The third-order valence-electron chi connectivity index (χ3n) is 2.78. The maximum Gasteiger partial charge on any atom is 0.223 e. The van der Waals surface area contributed by atoms with Gasteiger partial charge in [-0.25, -0.2) is 8.42 Å². The van der Waals surface area contributed by atoms with E-state index >= 15 is 0 Å². The molecule has 5 nitrogen and oxygen atoms in total. The SMILES string of the molecule is Cc1nc(CS(=O)(=O)[C@H](C)c2ccc(Cl)cc2)no1. The van der Waals surface area contributed by atoms with Gasteiger partial charge in [0.1, 0.15) is 5.75 Å². The first kappa shape index (κ1) is 14.0. The maximum atomic E-state index is 12.2. The second-order valence-corrected chi connectivity index (χ2v) is 6.99. The summed E-state index contributed by atoms with van der Waals surface area (Å²) in [4.78, 5) is 3.91. The number of hydrogen-bond acceptors (Lipinski definition) is 5. The summed E-state index contributed by atoms with van der Waals surface area (Å²) in [6.07, 6.45) is 0. The highest BCUT2D eigenvalue weighted by Gasteiger charge is 2.25. The number of rotatable bonds is 4. The monoisotopic (exact) mass is 300 g/mol. The van der Waals surface area contributed by atoms with Crippen molar-refractivity contribution in [3.63, 3.8) is 0 Å². The summed E-state index contributed by atoms with van der Waals surface area (Å²) in [7, 11) is -3.39. The summed E-state index contributed by atoms with van der Waals surface area (Å²) >= 11 is 5.78. The summed E-state index contributed by atoms with van der Waals surface area (Å²) in [6.45, 7) is 3.25. The van der Waals surface area contributed by atoms with Crippen LogP contribution in [0.25, 0.3) is 0 Å². The molecular weight excluding hydrogens is 288 g/mol. The molecule has 2 rings (SSSR count). The molecule has 1 aromatic carbocycles. The van der Waals surface area contributed by atoms with E-state index < -0.39 is 15.1 Å². The first-order valence-corrected chi connectivity index (χ1v) is 7.74. The Bertz CT molecular complexity index is 665. The fourth-order valence-corrected chi connectivity index (χ4v) is 3.07. The molecule has 0 saturated heterocycles. The summed E-state index contributed by atoms with van der Waals surface area (Å²) in [5.74, 6) is 0.288. The van der Waals surface area contributed by atoms with Crippen molar-refractivity contribution >= 4 is 21.4 Å². The van der Waals surface area contributed by atoms with Crippen molar-refractivity contribution in [1.82, 2.24) is 10.1 Å². The van der Waals surface area contributed by atoms with Crippen LogP contribution in [0.1, 0.15) is 29.5 Å². The third kappa shape index (κ3) is 3.33. The van der Waals surface area contributed by atoms with Crippen LogP contribution >= 0.6 is 11.6 Å². The zero-order chi connectivity index (χ0) is 14.0. The predicted molar refractivity (Wildman–Crippen MR) is 71.5 cm³/mol. The average Bonchev–Trinajstić information content (AvgIpc) is 2.74. The van der Waals surface area contributed by atoms with Gasteiger partial charge < -0.3 is 4.52 Å². The lowest BCUT2D eigenvalue weighted by Crippen LogP contribution is -2.13. The number of halogens is 1. The molecule has 0 aliphatic heterocycles. The molecule has 19 heavy (non-hydrogen) atoms. The van der Waals surface area contributed by atoms with Crippen molar-refractivity contribution in [1.29, 1.82) is 0 Å². The number of benzene rings is 1. The van der Waals surface area contributed by atoms with Crippen molar-refractivity contribution < 1.29 is 12.9 Å². The van der Waals surface area contributed by atoms with Crippen LogP contribution in [0.3, 0.4) is 0 Å². The Kier molecular flexibility index (Phi) is 3.91. The Morgan fingerprint density at radius 1 is 1.32 bits per heavy atom. The predicted octanol–water partition coefficient (Wildman–Crippen LogP) is 2.71. The van der Waals surface area contributed by atoms with E-state index in [1.165, 1.54) is 0 Å². The van der Waals surface area contributed by atoms with Crippen molar-refractivity contribution in [2.75, 3.05) is 0 Å². The molecule has 7 heteroatoms. The van der Waals surface area contributed by atoms with Crippen LogP contribution in [-0.2, 0) is 15.6 Å². The standard InChI is InChI=1S/C12H13ClN2O3S/c1-8(10-3-5-11(13)6-4-10)19(16,17)7-12-14-9(2)18-15-12/h3-6,8H,7H2,1-2H3/t8-/m1/s1. The van der Waals surface area contributed by atoms with Crippen LogP contribution in [0, 0.1) is 6.92 Å². The number of nitrogens with zero attached hydrogens (tertiary/aromatic N) is 2. The number of hydrogen-bond donors (Lipinski definition) is 0. The van der Waals surface area contributed by atoms with E-state index in [1.807, 2.05) is 0 Å². The van der Waals surface area contributed by atoms with Crippen LogP contribution < -0.4 is 0 Å². The van der Waals surface area contributed by atoms with E-state index in [-0.39, 0.29) is 11.6 Å². The fourth-order valence-electron chi connectivity index (χ4n) is 1.65. The Labute approximate surface area is 116 Å². The first-order chi connectivity index (χ1) is 8.88. The molecular formula is C12H13ClN2O3S. The van der Waals surface area contributed by atoms with Crippen molar-refractivity contribution in [2.24, 2.45) is 0 Å². The number of sulfone groups is 1. The second-order valence-electron chi connectivity index (χ2n) is 4.23. The van der Waals surface area contributed by atoms with Gasteiger partial charge in [0.15, 0.2) is 15.7 Å². The van der Waals surface area contributed by atoms with E-state index in [9.17, 15) is 8.42 Å². The summed E-state index contributed by atoms with van der Waals surface area (Å²) in [5, 5.41) is 3.53. The summed E-state index contributed by atoms with van der Waals surface area (Å²) in [5.41, 5.74) is 0.685. The minimum absolute atomic E-state index is 0.179. The Morgan fingerprint density at radius 2 is 1.95 bits per heavy atom. The molecule has 0 spiro atoms. The van der Waals surface area contributed by atoms with Gasteiger partial charge in [-0.3, -0.25) is 0 Å². The fraction of sp³-hybridized carbons (Fsp3) is 0.333. The lowest BCUT2D eigenvalue weighted by atomic mass is 10.2. The lowest BCUT2D eigenvalue weighted by molar-refractivity contribution is 0.388. The number of aryl methyl sites for hydroxylation is 1. The van der Waals surface area contributed by atoms with Gasteiger partial charge in [-0.05, 0) is 24.6 Å². The summed E-state index contributed by atoms with van der Waals surface area (Å²) in [6, 6.07) is 6.74. The number of aromatic nitrogens is 2. The van der Waals surface area contributed by atoms with Crippen molar-refractivity contribution in [3.05, 3.63) is 46.6 Å². The highest BCUT2D eigenvalue weighted by molar-refractivity contribution is 7.90. The van der Waals surface area contributed by atoms with E-state index in [2.05, 4.69) is 10.1 Å². The Balaban J connectivity index is 2.21. The third-order valence-corrected chi connectivity index (χ3v) is 5.04. The van der Waals surface area contributed by atoms with Gasteiger partial charge in [-0.15, -0.1) is 0 Å². The molecule has 1 atom stereocenters. The van der Waals surface area contributed by atoms with Crippen LogP contribution in [0.4, 0.5) is 0 Å². The quantitative estimate of drug-likeness (QED) is 0.868. The van der Waals surface area contributed by atoms with E-state index in [0.29, 0.717) is 16.5 Å². The van der Waals surface area contributed by atoms with Crippen molar-refractivity contribution in [2.45, 2.75) is 24.9 Å². The van der Waals surface area contributed by atoms with E-state index in [0.717, 1.165) is 0 Å². The van der Waals surface area contributed by atoms with Gasteiger partial charge in [0.2, 0.25) is 5.89 Å². The van der Waals surface area contributed by atoms with Crippen molar-refractivity contribution in [3.8, 4) is 0 Å². The summed E-state index contributed by atoms with van der Waals surface area (Å²) < 4.78 is 29.2. The first-order valence-electron chi connectivity index (χ1n) is 5.65. The van der Waals surface area contributed by atoms with Crippen LogP contribution in [0.2, 0.25) is 5.02 Å². The van der Waals surface area contributed by atoms with E-state index in [1.54, 1.807) is 38.1 Å².